The molecule has 3 aliphatic rings. The van der Waals surface area contributed by atoms with Crippen LogP contribution in [0.2, 0.25) is 0 Å². The van der Waals surface area contributed by atoms with Crippen LogP contribution in [0.1, 0.15) is 67.6 Å². The highest BCUT2D eigenvalue weighted by Gasteiger charge is 2.65. The van der Waals surface area contributed by atoms with E-state index in [1.165, 1.54) is 4.90 Å². The molecule has 4 aromatic carbocycles. The number of thioether (sulfide) groups is 1. The number of likely N-dealkylation sites (N-methyl/N-ethyl adjacent to an activating group) is 1. The summed E-state index contributed by atoms with van der Waals surface area (Å²) in [4.78, 5) is 23.8. The van der Waals surface area contributed by atoms with Gasteiger partial charge in [-0.1, -0.05) is 90.8 Å². The zero-order valence-electron chi connectivity index (χ0n) is 36.6. The van der Waals surface area contributed by atoms with Gasteiger partial charge in [-0.05, 0) is 96.7 Å². The molecule has 0 saturated heterocycles. The number of aliphatic hydroxyl groups is 2. The quantitative estimate of drug-likeness (QED) is 0.0325. The van der Waals surface area contributed by atoms with Crippen LogP contribution in [0.3, 0.4) is 0 Å². The number of hydrogen-bond donors (Lipinski definition) is 2. The summed E-state index contributed by atoms with van der Waals surface area (Å²) in [5, 5.41) is 24.8. The van der Waals surface area contributed by atoms with Gasteiger partial charge in [-0.2, -0.15) is 0 Å². The summed E-state index contributed by atoms with van der Waals surface area (Å²) in [6, 6.07) is 33.3. The number of aliphatic hydroxyl groups excluding tert-OH is 2. The van der Waals surface area contributed by atoms with E-state index < -0.39 is 17.7 Å². The van der Waals surface area contributed by atoms with Gasteiger partial charge in [0.1, 0.15) is 29.9 Å². The van der Waals surface area contributed by atoms with E-state index in [1.54, 1.807) is 29.8 Å². The van der Waals surface area contributed by atoms with Crippen molar-refractivity contribution in [2.45, 2.75) is 80.6 Å². The minimum absolute atomic E-state index is 0.102. The molecule has 0 radical (unpaired) electrons. The molecule has 63 heavy (non-hydrogen) atoms. The number of amides is 1. The molecule has 2 aliphatic carbocycles. The number of hydrogen-bond acceptors (Lipinski definition) is 10. The predicted octanol–water partition coefficient (Wildman–Crippen LogP) is 9.40. The second-order valence-electron chi connectivity index (χ2n) is 16.6. The topological polar surface area (TPSA) is 119 Å². The maximum Gasteiger partial charge on any atom is 0.239 e. The molecule has 7 rings (SSSR count). The zero-order valence-corrected chi connectivity index (χ0v) is 37.4. The number of oxime groups is 1. The molecule has 0 spiro atoms. The Bertz CT molecular complexity index is 2170. The first kappa shape index (κ1) is 45.9. The van der Waals surface area contributed by atoms with Gasteiger partial charge in [0, 0.05) is 48.8 Å². The normalized spacial score (nSPS) is 22.8. The van der Waals surface area contributed by atoms with E-state index in [2.05, 4.69) is 30.9 Å². The van der Waals surface area contributed by atoms with Crippen molar-refractivity contribution in [2.24, 2.45) is 22.9 Å². The van der Waals surface area contributed by atoms with E-state index in [1.807, 2.05) is 92.0 Å². The Labute approximate surface area is 376 Å². The monoisotopic (exact) mass is 874 g/mol. The smallest absolute Gasteiger partial charge is 0.239 e. The number of rotatable bonds is 23. The molecule has 1 fully saturated rings. The number of carbonyl (C=O) groups is 1. The molecular formula is C52H62N2O8S. The van der Waals surface area contributed by atoms with Crippen molar-refractivity contribution in [3.8, 4) is 17.2 Å². The van der Waals surface area contributed by atoms with Crippen molar-refractivity contribution in [3.63, 3.8) is 0 Å². The lowest BCUT2D eigenvalue weighted by Crippen LogP contribution is -2.69. The van der Waals surface area contributed by atoms with Gasteiger partial charge in [0.25, 0.3) is 0 Å². The summed E-state index contributed by atoms with van der Waals surface area (Å²) < 4.78 is 26.4. The summed E-state index contributed by atoms with van der Waals surface area (Å²) >= 11 is 1.76. The van der Waals surface area contributed by atoms with Gasteiger partial charge in [0.05, 0.1) is 38.4 Å². The van der Waals surface area contributed by atoms with Crippen molar-refractivity contribution in [2.75, 3.05) is 46.3 Å². The molecule has 1 amide bonds. The number of methoxy groups -OCH3 is 1. The molecule has 6 unspecified atom stereocenters. The number of nitrogens with zero attached hydrogens (tertiary/aromatic N) is 2. The van der Waals surface area contributed by atoms with E-state index in [0.29, 0.717) is 37.4 Å². The van der Waals surface area contributed by atoms with Gasteiger partial charge in [0.2, 0.25) is 11.7 Å². The first-order chi connectivity index (χ1) is 30.9. The fourth-order valence-electron chi connectivity index (χ4n) is 9.67. The fourth-order valence-corrected chi connectivity index (χ4v) is 10.4. The van der Waals surface area contributed by atoms with Crippen LogP contribution >= 0.6 is 11.8 Å². The number of allylic oxidation sites excluding steroid dienone is 1. The summed E-state index contributed by atoms with van der Waals surface area (Å²) in [5.74, 6) is 1.12. The van der Waals surface area contributed by atoms with Gasteiger partial charge in [-0.25, -0.2) is 0 Å². The van der Waals surface area contributed by atoms with Crippen molar-refractivity contribution >= 4 is 23.4 Å². The molecule has 1 heterocycles. The molecule has 0 bridgehead atoms. The third kappa shape index (κ3) is 11.0. The summed E-state index contributed by atoms with van der Waals surface area (Å²) in [5.41, 5.74) is 4.59. The van der Waals surface area contributed by atoms with Gasteiger partial charge in [0.15, 0.2) is 0 Å². The largest absolute Gasteiger partial charge is 0.497 e. The van der Waals surface area contributed by atoms with Crippen LogP contribution in [0.5, 0.6) is 17.2 Å². The van der Waals surface area contributed by atoms with Crippen molar-refractivity contribution in [1.82, 2.24) is 4.90 Å². The lowest BCUT2D eigenvalue weighted by atomic mass is 9.55. The van der Waals surface area contributed by atoms with Crippen molar-refractivity contribution < 1.29 is 38.8 Å². The lowest BCUT2D eigenvalue weighted by Gasteiger charge is -2.59. The van der Waals surface area contributed by atoms with Gasteiger partial charge in [-0.3, -0.25) is 4.79 Å². The van der Waals surface area contributed by atoms with Gasteiger partial charge < -0.3 is 38.9 Å². The summed E-state index contributed by atoms with van der Waals surface area (Å²) in [6.45, 7) is 5.28. The molecule has 1 aliphatic heterocycles. The SMILES string of the molecule is C=CCOC12Oc3ccc(OCCSc4ccccc4)cc3C3C(CCCCO)C(CCCCO)C=C(C(=NOCc4ccccc4)CC1N(C)C(=O)Cc1cccc(OC)c1)C32. The Morgan fingerprint density at radius 2 is 1.67 bits per heavy atom. The number of benzene rings is 4. The predicted molar refractivity (Wildman–Crippen MR) is 248 cm³/mol. The summed E-state index contributed by atoms with van der Waals surface area (Å²) in [6.07, 6.45) is 9.33. The Morgan fingerprint density at radius 3 is 2.41 bits per heavy atom. The minimum atomic E-state index is -1.34. The van der Waals surface area contributed by atoms with Crippen molar-refractivity contribution in [1.29, 1.82) is 0 Å². The molecule has 334 valence electrons. The number of carbonyl (C=O) groups excluding carboxylic acids is 1. The van der Waals surface area contributed by atoms with Crippen LogP contribution in [-0.4, -0.2) is 84.9 Å². The minimum Gasteiger partial charge on any atom is -0.497 e. The van der Waals surface area contributed by atoms with E-state index in [9.17, 15) is 15.0 Å². The Kier molecular flexibility index (Phi) is 16.4. The molecular weight excluding hydrogens is 813 g/mol. The molecule has 6 atom stereocenters. The van der Waals surface area contributed by atoms with E-state index in [-0.39, 0.29) is 56.5 Å². The molecule has 0 aromatic heterocycles. The average molecular weight is 875 g/mol. The van der Waals surface area contributed by atoms with E-state index in [4.69, 9.17) is 28.9 Å². The maximum atomic E-state index is 14.6. The number of unbranched alkanes of at least 4 members (excludes halogenated alkanes) is 2. The molecule has 10 nitrogen and oxygen atoms in total. The van der Waals surface area contributed by atoms with E-state index >= 15 is 0 Å². The molecule has 2 N–H and O–H groups in total. The number of ether oxygens (including phenoxy) is 4. The van der Waals surface area contributed by atoms with Crippen LogP contribution in [0.4, 0.5) is 0 Å². The highest BCUT2D eigenvalue weighted by molar-refractivity contribution is 7.99. The molecule has 4 aromatic rings. The Hall–Kier alpha value is -5.07. The summed E-state index contributed by atoms with van der Waals surface area (Å²) in [7, 11) is 3.45. The second kappa shape index (κ2) is 22.5. The van der Waals surface area contributed by atoms with Crippen LogP contribution in [0.15, 0.2) is 137 Å². The van der Waals surface area contributed by atoms with Crippen LogP contribution in [-0.2, 0) is 27.4 Å². The highest BCUT2D eigenvalue weighted by Crippen LogP contribution is 2.62. The standard InChI is InChI=1S/C52H62N2O8S/c1-4-28-60-52-48(54(2)49(57)32-38-18-15-20-40(31-38)58-3)35-46(53-61-36-37-16-7-5-8-17-37)44-33-39(19-11-13-26-55)43(23-12-14-27-56)50(51(44)52)45-34-41(24-25-47(45)62-52)59-29-30-63-42-21-9-6-10-22-42/h4-10,15-18,20-22,24-25,31,33-34,39,43,48,50-51,55-56H,1,11-14,19,23,26-30,32,35-36H2,2-3H3. The fraction of sp³-hybridized carbons (Fsp3) is 0.423. The Balaban J connectivity index is 1.34. The first-order valence-corrected chi connectivity index (χ1v) is 23.3. The molecule has 1 saturated carbocycles. The average Bonchev–Trinajstić information content (AvgIpc) is 3.31. The maximum absolute atomic E-state index is 14.6. The first-order valence-electron chi connectivity index (χ1n) is 22.3. The van der Waals surface area contributed by atoms with E-state index in [0.717, 1.165) is 65.2 Å². The third-order valence-corrected chi connectivity index (χ3v) is 13.6. The lowest BCUT2D eigenvalue weighted by molar-refractivity contribution is -0.255. The molecule has 11 heteroatoms. The Morgan fingerprint density at radius 1 is 0.921 bits per heavy atom. The number of fused-ring (bicyclic) bond motifs is 2. The van der Waals surface area contributed by atoms with Gasteiger partial charge >= 0.3 is 0 Å². The van der Waals surface area contributed by atoms with Gasteiger partial charge in [-0.15, -0.1) is 18.3 Å². The van der Waals surface area contributed by atoms with Crippen LogP contribution < -0.4 is 14.2 Å². The van der Waals surface area contributed by atoms with Crippen LogP contribution in [0, 0.1) is 17.8 Å². The third-order valence-electron chi connectivity index (χ3n) is 12.6. The van der Waals surface area contributed by atoms with Crippen LogP contribution in [0.25, 0.3) is 0 Å². The van der Waals surface area contributed by atoms with Crippen molar-refractivity contribution in [3.05, 3.63) is 144 Å². The second-order valence-corrected chi connectivity index (χ2v) is 17.7. The zero-order chi connectivity index (χ0) is 44.0. The highest BCUT2D eigenvalue weighted by atomic mass is 32.2.